The molecule has 1 atom stereocenters. The van der Waals surface area contributed by atoms with Crippen LogP contribution in [0.25, 0.3) is 0 Å². The van der Waals surface area contributed by atoms with Gasteiger partial charge in [-0.05, 0) is 51.7 Å². The molecule has 1 aliphatic heterocycles. The summed E-state index contributed by atoms with van der Waals surface area (Å²) in [7, 11) is -3.81. The standard InChI is InChI=1S/C19H28N2O5S/c1-5-20(10-8-17(22)23)19(24)16-7-6-9-21(16)27(25,26)18-14(3)11-13(2)12-15(18)4/h11-12,16H,5-10H2,1-4H3,(H,22,23). The van der Waals surface area contributed by atoms with Crippen molar-refractivity contribution in [1.29, 1.82) is 0 Å². The first-order chi connectivity index (χ1) is 12.6. The molecule has 150 valence electrons. The first-order valence-electron chi connectivity index (χ1n) is 9.19. The van der Waals surface area contributed by atoms with E-state index in [-0.39, 0.29) is 23.8 Å². The van der Waals surface area contributed by atoms with Crippen LogP contribution in [-0.2, 0) is 19.6 Å². The van der Waals surface area contributed by atoms with Gasteiger partial charge in [0.05, 0.1) is 11.3 Å². The molecule has 27 heavy (non-hydrogen) atoms. The number of rotatable bonds is 7. The molecule has 7 nitrogen and oxygen atoms in total. The van der Waals surface area contributed by atoms with E-state index in [1.165, 1.54) is 9.21 Å². The van der Waals surface area contributed by atoms with Gasteiger partial charge in [0.2, 0.25) is 15.9 Å². The highest BCUT2D eigenvalue weighted by atomic mass is 32.2. The van der Waals surface area contributed by atoms with Crippen LogP contribution in [0.4, 0.5) is 0 Å². The Labute approximate surface area is 161 Å². The molecule has 1 heterocycles. The number of carboxylic acid groups (broad SMARTS) is 1. The Kier molecular flexibility index (Phi) is 6.64. The summed E-state index contributed by atoms with van der Waals surface area (Å²) in [4.78, 5) is 25.5. The number of hydrogen-bond acceptors (Lipinski definition) is 4. The minimum absolute atomic E-state index is 0.0810. The van der Waals surface area contributed by atoms with Crippen LogP contribution < -0.4 is 0 Å². The Morgan fingerprint density at radius 3 is 2.33 bits per heavy atom. The van der Waals surface area contributed by atoms with Crippen LogP contribution in [0.15, 0.2) is 17.0 Å². The lowest BCUT2D eigenvalue weighted by Crippen LogP contribution is -2.48. The maximum atomic E-state index is 13.3. The van der Waals surface area contributed by atoms with Crippen LogP contribution in [0, 0.1) is 20.8 Å². The first kappa shape index (κ1) is 21.4. The molecule has 0 aliphatic carbocycles. The van der Waals surface area contributed by atoms with Crippen molar-refractivity contribution in [2.75, 3.05) is 19.6 Å². The SMILES string of the molecule is CCN(CCC(=O)O)C(=O)C1CCCN1S(=O)(=O)c1c(C)cc(C)cc1C. The number of sulfonamides is 1. The third-order valence-electron chi connectivity index (χ3n) is 4.95. The van der Waals surface area contributed by atoms with Crippen LogP contribution in [0.1, 0.15) is 42.9 Å². The smallest absolute Gasteiger partial charge is 0.305 e. The fourth-order valence-corrected chi connectivity index (χ4v) is 5.90. The van der Waals surface area contributed by atoms with Gasteiger partial charge in [0.25, 0.3) is 0 Å². The van der Waals surface area contributed by atoms with E-state index < -0.39 is 22.0 Å². The lowest BCUT2D eigenvalue weighted by atomic mass is 10.1. The normalized spacial score (nSPS) is 17.9. The second kappa shape index (κ2) is 8.39. The minimum atomic E-state index is -3.81. The maximum Gasteiger partial charge on any atom is 0.305 e. The van der Waals surface area contributed by atoms with Crippen molar-refractivity contribution in [2.45, 2.75) is 57.9 Å². The molecule has 0 spiro atoms. The summed E-state index contributed by atoms with van der Waals surface area (Å²) in [6.07, 6.45) is 0.900. The van der Waals surface area contributed by atoms with E-state index in [4.69, 9.17) is 5.11 Å². The van der Waals surface area contributed by atoms with Gasteiger partial charge in [0.15, 0.2) is 0 Å². The van der Waals surface area contributed by atoms with Crippen molar-refractivity contribution in [1.82, 2.24) is 9.21 Å². The predicted octanol–water partition coefficient (Wildman–Crippen LogP) is 2.09. The number of carboxylic acids is 1. The van der Waals surface area contributed by atoms with E-state index in [0.29, 0.717) is 37.1 Å². The Balaban J connectivity index is 2.34. The van der Waals surface area contributed by atoms with Crippen molar-refractivity contribution in [3.8, 4) is 0 Å². The number of benzene rings is 1. The molecule has 0 aromatic heterocycles. The highest BCUT2D eigenvalue weighted by Crippen LogP contribution is 2.31. The average molecular weight is 397 g/mol. The molecular formula is C19H28N2O5S. The number of nitrogens with zero attached hydrogens (tertiary/aromatic N) is 2. The topological polar surface area (TPSA) is 95.0 Å². The van der Waals surface area contributed by atoms with Gasteiger partial charge in [-0.1, -0.05) is 17.7 Å². The number of carbonyl (C=O) groups excluding carboxylic acids is 1. The highest BCUT2D eigenvalue weighted by molar-refractivity contribution is 7.89. The Morgan fingerprint density at radius 1 is 1.22 bits per heavy atom. The van der Waals surface area contributed by atoms with E-state index in [1.54, 1.807) is 20.8 Å². The van der Waals surface area contributed by atoms with Crippen LogP contribution in [0.2, 0.25) is 0 Å². The second-order valence-electron chi connectivity index (χ2n) is 7.06. The van der Waals surface area contributed by atoms with Gasteiger partial charge in [-0.15, -0.1) is 0 Å². The Bertz CT molecular complexity index is 811. The number of aliphatic carboxylic acids is 1. The average Bonchev–Trinajstić information content (AvgIpc) is 3.04. The molecule has 1 unspecified atom stereocenters. The zero-order valence-electron chi connectivity index (χ0n) is 16.4. The lowest BCUT2D eigenvalue weighted by Gasteiger charge is -2.29. The summed E-state index contributed by atoms with van der Waals surface area (Å²) < 4.78 is 28.0. The summed E-state index contributed by atoms with van der Waals surface area (Å²) in [5.74, 6) is -1.30. The predicted molar refractivity (Wildman–Crippen MR) is 102 cm³/mol. The molecule has 0 bridgehead atoms. The van der Waals surface area contributed by atoms with Crippen molar-refractivity contribution in [3.05, 3.63) is 28.8 Å². The number of likely N-dealkylation sites (N-methyl/N-ethyl adjacent to an activating group) is 1. The summed E-state index contributed by atoms with van der Waals surface area (Å²) in [5.41, 5.74) is 2.33. The van der Waals surface area contributed by atoms with E-state index in [2.05, 4.69) is 0 Å². The minimum Gasteiger partial charge on any atom is -0.481 e. The van der Waals surface area contributed by atoms with E-state index in [9.17, 15) is 18.0 Å². The van der Waals surface area contributed by atoms with Gasteiger partial charge in [-0.25, -0.2) is 8.42 Å². The molecule has 8 heteroatoms. The van der Waals surface area contributed by atoms with Crippen molar-refractivity contribution in [2.24, 2.45) is 0 Å². The zero-order valence-corrected chi connectivity index (χ0v) is 17.2. The zero-order chi connectivity index (χ0) is 20.4. The number of amides is 1. The maximum absolute atomic E-state index is 13.3. The molecule has 1 aliphatic rings. The van der Waals surface area contributed by atoms with E-state index in [0.717, 1.165) is 5.56 Å². The van der Waals surface area contributed by atoms with Gasteiger partial charge >= 0.3 is 5.97 Å². The van der Waals surface area contributed by atoms with Crippen LogP contribution in [0.5, 0.6) is 0 Å². The van der Waals surface area contributed by atoms with Gasteiger partial charge in [-0.2, -0.15) is 4.31 Å². The largest absolute Gasteiger partial charge is 0.481 e. The van der Waals surface area contributed by atoms with Crippen molar-refractivity contribution < 1.29 is 23.1 Å². The number of carbonyl (C=O) groups is 2. The molecule has 2 rings (SSSR count). The molecule has 1 saturated heterocycles. The summed E-state index contributed by atoms with van der Waals surface area (Å²) in [5, 5.41) is 8.87. The monoisotopic (exact) mass is 396 g/mol. The van der Waals surface area contributed by atoms with Crippen LogP contribution in [0.3, 0.4) is 0 Å². The van der Waals surface area contributed by atoms with Crippen molar-refractivity contribution in [3.63, 3.8) is 0 Å². The lowest BCUT2D eigenvalue weighted by molar-refractivity contribution is -0.139. The molecule has 0 radical (unpaired) electrons. The second-order valence-corrected chi connectivity index (χ2v) is 8.89. The van der Waals surface area contributed by atoms with Gasteiger partial charge < -0.3 is 10.0 Å². The first-order valence-corrected chi connectivity index (χ1v) is 10.6. The summed E-state index contributed by atoms with van der Waals surface area (Å²) in [6, 6.07) is 2.89. The molecule has 1 aromatic rings. The molecule has 1 fully saturated rings. The van der Waals surface area contributed by atoms with Gasteiger partial charge in [-0.3, -0.25) is 9.59 Å². The van der Waals surface area contributed by atoms with E-state index in [1.807, 2.05) is 19.1 Å². The van der Waals surface area contributed by atoms with Gasteiger partial charge in [0.1, 0.15) is 6.04 Å². The number of hydrogen-bond donors (Lipinski definition) is 1. The third kappa shape index (κ3) is 4.50. The fourth-order valence-electron chi connectivity index (χ4n) is 3.83. The van der Waals surface area contributed by atoms with Crippen molar-refractivity contribution >= 4 is 21.9 Å². The van der Waals surface area contributed by atoms with Crippen LogP contribution in [-0.4, -0.2) is 60.3 Å². The molecular weight excluding hydrogens is 368 g/mol. The molecule has 0 saturated carbocycles. The highest BCUT2D eigenvalue weighted by Gasteiger charge is 2.41. The fraction of sp³-hybridized carbons (Fsp3) is 0.579. The van der Waals surface area contributed by atoms with E-state index >= 15 is 0 Å². The molecule has 1 aromatic carbocycles. The molecule has 1 amide bonds. The Hall–Kier alpha value is -1.93. The number of aryl methyl sites for hydroxylation is 3. The molecule has 1 N–H and O–H groups in total. The Morgan fingerprint density at radius 2 is 1.81 bits per heavy atom. The quantitative estimate of drug-likeness (QED) is 0.761. The van der Waals surface area contributed by atoms with Gasteiger partial charge in [0, 0.05) is 19.6 Å². The summed E-state index contributed by atoms with van der Waals surface area (Å²) in [6.45, 7) is 7.94. The van der Waals surface area contributed by atoms with Crippen LogP contribution >= 0.6 is 0 Å². The third-order valence-corrected chi connectivity index (χ3v) is 7.16. The summed E-state index contributed by atoms with van der Waals surface area (Å²) >= 11 is 0.